The molecular formula is C22H26O4. The Labute approximate surface area is 155 Å². The standard InChI is InChI=1S/C22H26O4/c1-17(21(24)16-25-14-19-9-5-3-6-10-19)18(2)22(13-23)26-15-20-11-7-4-8-12-20/h3-13,17-18,22H,14-16H2,1-2H3. The molecular weight excluding hydrogens is 328 g/mol. The van der Waals surface area contributed by atoms with E-state index >= 15 is 0 Å². The number of ether oxygens (including phenoxy) is 2. The highest BCUT2D eigenvalue weighted by molar-refractivity contribution is 5.82. The van der Waals surface area contributed by atoms with Gasteiger partial charge in [0.05, 0.1) is 13.2 Å². The molecule has 0 aliphatic heterocycles. The van der Waals surface area contributed by atoms with E-state index in [0.29, 0.717) is 13.2 Å². The van der Waals surface area contributed by atoms with Crippen molar-refractivity contribution in [2.45, 2.75) is 33.2 Å². The van der Waals surface area contributed by atoms with Crippen LogP contribution in [0.15, 0.2) is 60.7 Å². The second-order valence-corrected chi connectivity index (χ2v) is 6.49. The Bertz CT molecular complexity index is 669. The van der Waals surface area contributed by atoms with Crippen LogP contribution in [0.4, 0.5) is 0 Å². The van der Waals surface area contributed by atoms with Gasteiger partial charge in [0, 0.05) is 5.92 Å². The minimum Gasteiger partial charge on any atom is -0.369 e. The van der Waals surface area contributed by atoms with Gasteiger partial charge in [-0.15, -0.1) is 0 Å². The predicted octanol–water partition coefficient (Wildman–Crippen LogP) is 3.83. The van der Waals surface area contributed by atoms with Crippen molar-refractivity contribution in [2.24, 2.45) is 11.8 Å². The molecule has 0 bridgehead atoms. The summed E-state index contributed by atoms with van der Waals surface area (Å²) in [6, 6.07) is 19.4. The van der Waals surface area contributed by atoms with Crippen molar-refractivity contribution >= 4 is 12.1 Å². The number of aldehydes is 1. The molecule has 0 amide bonds. The van der Waals surface area contributed by atoms with Crippen LogP contribution in [0.25, 0.3) is 0 Å². The molecule has 0 aliphatic rings. The summed E-state index contributed by atoms with van der Waals surface area (Å²) in [5.41, 5.74) is 2.02. The molecule has 0 radical (unpaired) electrons. The maximum Gasteiger partial charge on any atom is 0.161 e. The Morgan fingerprint density at radius 3 is 2.00 bits per heavy atom. The minimum atomic E-state index is -0.622. The number of hydrogen-bond donors (Lipinski definition) is 0. The van der Waals surface area contributed by atoms with E-state index in [0.717, 1.165) is 17.4 Å². The van der Waals surface area contributed by atoms with E-state index in [4.69, 9.17) is 9.47 Å². The highest BCUT2D eigenvalue weighted by atomic mass is 16.5. The maximum absolute atomic E-state index is 12.4. The molecule has 4 nitrogen and oxygen atoms in total. The first-order valence-corrected chi connectivity index (χ1v) is 8.87. The minimum absolute atomic E-state index is 0.0245. The maximum atomic E-state index is 12.4. The van der Waals surface area contributed by atoms with E-state index in [-0.39, 0.29) is 24.2 Å². The molecule has 0 fully saturated rings. The molecule has 4 heteroatoms. The topological polar surface area (TPSA) is 52.6 Å². The van der Waals surface area contributed by atoms with Crippen LogP contribution in [0.1, 0.15) is 25.0 Å². The summed E-state index contributed by atoms with van der Waals surface area (Å²) in [5, 5.41) is 0. The van der Waals surface area contributed by atoms with Gasteiger partial charge in [0.25, 0.3) is 0 Å². The fourth-order valence-electron chi connectivity index (χ4n) is 2.63. The summed E-state index contributed by atoms with van der Waals surface area (Å²) in [6.07, 6.45) is 0.158. The van der Waals surface area contributed by atoms with Crippen LogP contribution in [0.5, 0.6) is 0 Å². The van der Waals surface area contributed by atoms with E-state index in [2.05, 4.69) is 0 Å². The van der Waals surface area contributed by atoms with Crippen LogP contribution in [0.2, 0.25) is 0 Å². The van der Waals surface area contributed by atoms with Crippen LogP contribution in [0, 0.1) is 11.8 Å². The first-order valence-electron chi connectivity index (χ1n) is 8.87. The number of rotatable bonds is 11. The van der Waals surface area contributed by atoms with Crippen LogP contribution in [-0.2, 0) is 32.3 Å². The van der Waals surface area contributed by atoms with Crippen molar-refractivity contribution in [2.75, 3.05) is 6.61 Å². The summed E-state index contributed by atoms with van der Waals surface area (Å²) < 4.78 is 11.2. The summed E-state index contributed by atoms with van der Waals surface area (Å²) in [7, 11) is 0. The predicted molar refractivity (Wildman–Crippen MR) is 101 cm³/mol. The summed E-state index contributed by atoms with van der Waals surface area (Å²) in [6.45, 7) is 4.46. The Morgan fingerprint density at radius 2 is 1.46 bits per heavy atom. The number of carbonyl (C=O) groups excluding carboxylic acids is 2. The zero-order valence-electron chi connectivity index (χ0n) is 15.3. The van der Waals surface area contributed by atoms with Gasteiger partial charge in [-0.2, -0.15) is 0 Å². The lowest BCUT2D eigenvalue weighted by atomic mass is 9.88. The Kier molecular flexibility index (Phi) is 8.19. The van der Waals surface area contributed by atoms with Crippen LogP contribution in [0.3, 0.4) is 0 Å². The van der Waals surface area contributed by atoms with Gasteiger partial charge in [0.15, 0.2) is 5.78 Å². The molecule has 0 saturated carbocycles. The SMILES string of the molecule is CC(C(=O)COCc1ccccc1)C(C)C(C=O)OCc1ccccc1. The van der Waals surface area contributed by atoms with Crippen LogP contribution >= 0.6 is 0 Å². The molecule has 0 saturated heterocycles. The second-order valence-electron chi connectivity index (χ2n) is 6.49. The molecule has 0 aliphatic carbocycles. The third kappa shape index (κ3) is 6.21. The van der Waals surface area contributed by atoms with E-state index in [1.165, 1.54) is 0 Å². The summed E-state index contributed by atoms with van der Waals surface area (Å²) in [5.74, 6) is -0.565. The molecule has 3 unspecified atom stereocenters. The first kappa shape index (κ1) is 20.0. The molecule has 0 aromatic heterocycles. The van der Waals surface area contributed by atoms with Crippen LogP contribution < -0.4 is 0 Å². The van der Waals surface area contributed by atoms with Gasteiger partial charge < -0.3 is 14.3 Å². The first-order chi connectivity index (χ1) is 12.6. The molecule has 2 rings (SSSR count). The normalized spacial score (nSPS) is 14.4. The third-order valence-electron chi connectivity index (χ3n) is 4.59. The van der Waals surface area contributed by atoms with Gasteiger partial charge in [-0.3, -0.25) is 4.79 Å². The van der Waals surface area contributed by atoms with E-state index in [9.17, 15) is 9.59 Å². The van der Waals surface area contributed by atoms with Crippen LogP contribution in [-0.4, -0.2) is 24.8 Å². The average molecular weight is 354 g/mol. The van der Waals surface area contributed by atoms with Gasteiger partial charge in [-0.1, -0.05) is 74.5 Å². The van der Waals surface area contributed by atoms with Crippen molar-refractivity contribution in [3.8, 4) is 0 Å². The lowest BCUT2D eigenvalue weighted by molar-refractivity contribution is -0.134. The Balaban J connectivity index is 1.80. The monoisotopic (exact) mass is 354 g/mol. The summed E-state index contributed by atoms with van der Waals surface area (Å²) >= 11 is 0. The molecule has 0 heterocycles. The zero-order chi connectivity index (χ0) is 18.8. The molecule has 0 N–H and O–H groups in total. The molecule has 2 aromatic carbocycles. The highest BCUT2D eigenvalue weighted by Gasteiger charge is 2.28. The third-order valence-corrected chi connectivity index (χ3v) is 4.59. The van der Waals surface area contributed by atoms with E-state index in [1.54, 1.807) is 0 Å². The van der Waals surface area contributed by atoms with Crippen molar-refractivity contribution in [3.63, 3.8) is 0 Å². The Morgan fingerprint density at radius 1 is 0.923 bits per heavy atom. The van der Waals surface area contributed by atoms with Gasteiger partial charge in [0.2, 0.25) is 0 Å². The zero-order valence-corrected chi connectivity index (χ0v) is 15.3. The number of hydrogen-bond acceptors (Lipinski definition) is 4. The molecule has 26 heavy (non-hydrogen) atoms. The smallest absolute Gasteiger partial charge is 0.161 e. The molecule has 0 spiro atoms. The fraction of sp³-hybridized carbons (Fsp3) is 0.364. The molecule has 138 valence electrons. The average Bonchev–Trinajstić information content (AvgIpc) is 2.69. The Hall–Kier alpha value is -2.30. The number of carbonyl (C=O) groups is 2. The quantitative estimate of drug-likeness (QED) is 0.576. The van der Waals surface area contributed by atoms with Crippen molar-refractivity contribution < 1.29 is 19.1 Å². The van der Waals surface area contributed by atoms with Crippen molar-refractivity contribution in [1.82, 2.24) is 0 Å². The fourth-order valence-corrected chi connectivity index (χ4v) is 2.63. The second kappa shape index (κ2) is 10.6. The number of Topliss-reactive ketones (excluding diaryl/α,β-unsaturated/α-hetero) is 1. The lowest BCUT2D eigenvalue weighted by Gasteiger charge is -2.24. The molecule has 2 aromatic rings. The number of benzene rings is 2. The van der Waals surface area contributed by atoms with Gasteiger partial charge in [-0.25, -0.2) is 0 Å². The van der Waals surface area contributed by atoms with Gasteiger partial charge >= 0.3 is 0 Å². The van der Waals surface area contributed by atoms with Crippen molar-refractivity contribution in [3.05, 3.63) is 71.8 Å². The van der Waals surface area contributed by atoms with Gasteiger partial charge in [-0.05, 0) is 17.0 Å². The highest BCUT2D eigenvalue weighted by Crippen LogP contribution is 2.19. The molecule has 3 atom stereocenters. The van der Waals surface area contributed by atoms with Gasteiger partial charge in [0.1, 0.15) is 19.0 Å². The van der Waals surface area contributed by atoms with Crippen molar-refractivity contribution in [1.29, 1.82) is 0 Å². The largest absolute Gasteiger partial charge is 0.369 e. The lowest BCUT2D eigenvalue weighted by Crippen LogP contribution is -2.33. The summed E-state index contributed by atoms with van der Waals surface area (Å²) in [4.78, 5) is 23.8. The van der Waals surface area contributed by atoms with E-state index in [1.807, 2.05) is 74.5 Å². The van der Waals surface area contributed by atoms with E-state index < -0.39 is 6.10 Å². The number of ketones is 1.